The van der Waals surface area contributed by atoms with Gasteiger partial charge in [0.25, 0.3) is 5.91 Å². The second kappa shape index (κ2) is 8.90. The van der Waals surface area contributed by atoms with Crippen LogP contribution in [0, 0.1) is 5.82 Å². The number of benzene rings is 2. The number of methoxy groups -OCH3 is 1. The van der Waals surface area contributed by atoms with Gasteiger partial charge in [0.1, 0.15) is 0 Å². The molecule has 0 saturated heterocycles. The van der Waals surface area contributed by atoms with Gasteiger partial charge in [-0.15, -0.1) is 0 Å². The molecule has 0 saturated carbocycles. The summed E-state index contributed by atoms with van der Waals surface area (Å²) in [5.41, 5.74) is 1.02. The molecule has 0 aliphatic heterocycles. The van der Waals surface area contributed by atoms with Gasteiger partial charge in [-0.25, -0.2) is 4.39 Å². The largest absolute Gasteiger partial charge is 0.481 e. The SMILES string of the molecule is COCCN(Cc1ccccc1)C(=O)COc1ccccc1F. The average Bonchev–Trinajstić information content (AvgIpc) is 2.58. The first-order valence-electron chi connectivity index (χ1n) is 7.38. The lowest BCUT2D eigenvalue weighted by Crippen LogP contribution is -2.36. The highest BCUT2D eigenvalue weighted by Gasteiger charge is 2.15. The van der Waals surface area contributed by atoms with Gasteiger partial charge in [0.05, 0.1) is 6.61 Å². The standard InChI is InChI=1S/C18H20FNO3/c1-22-12-11-20(13-15-7-3-2-4-8-15)18(21)14-23-17-10-6-5-9-16(17)19/h2-10H,11-14H2,1H3. The van der Waals surface area contributed by atoms with Gasteiger partial charge < -0.3 is 14.4 Å². The molecule has 0 N–H and O–H groups in total. The maximum absolute atomic E-state index is 13.5. The van der Waals surface area contributed by atoms with Crippen molar-refractivity contribution in [1.82, 2.24) is 4.90 Å². The Balaban J connectivity index is 1.97. The fourth-order valence-corrected chi connectivity index (χ4v) is 2.09. The number of hydrogen-bond donors (Lipinski definition) is 0. The van der Waals surface area contributed by atoms with Crippen LogP contribution in [-0.4, -0.2) is 37.7 Å². The molecule has 0 atom stereocenters. The van der Waals surface area contributed by atoms with Crippen molar-refractivity contribution in [1.29, 1.82) is 0 Å². The summed E-state index contributed by atoms with van der Waals surface area (Å²) >= 11 is 0. The fraction of sp³-hybridized carbons (Fsp3) is 0.278. The minimum Gasteiger partial charge on any atom is -0.481 e. The van der Waals surface area contributed by atoms with E-state index in [0.29, 0.717) is 19.7 Å². The molecule has 0 aromatic heterocycles. The van der Waals surface area contributed by atoms with Gasteiger partial charge in [0.15, 0.2) is 18.2 Å². The summed E-state index contributed by atoms with van der Waals surface area (Å²) in [7, 11) is 1.58. The predicted molar refractivity (Wildman–Crippen MR) is 85.6 cm³/mol. The molecule has 0 aliphatic carbocycles. The zero-order valence-corrected chi connectivity index (χ0v) is 13.1. The second-order valence-corrected chi connectivity index (χ2v) is 5.01. The van der Waals surface area contributed by atoms with Crippen molar-refractivity contribution in [2.45, 2.75) is 6.54 Å². The number of amides is 1. The summed E-state index contributed by atoms with van der Waals surface area (Å²) in [5.74, 6) is -0.617. The number of rotatable bonds is 8. The topological polar surface area (TPSA) is 38.8 Å². The Morgan fingerprint density at radius 1 is 1.09 bits per heavy atom. The minimum absolute atomic E-state index is 0.0762. The number of nitrogens with zero attached hydrogens (tertiary/aromatic N) is 1. The quantitative estimate of drug-likeness (QED) is 0.751. The molecule has 0 aliphatic rings. The highest BCUT2D eigenvalue weighted by molar-refractivity contribution is 5.77. The molecule has 0 radical (unpaired) electrons. The van der Waals surface area contributed by atoms with Crippen LogP contribution in [0.25, 0.3) is 0 Å². The zero-order valence-electron chi connectivity index (χ0n) is 13.1. The van der Waals surface area contributed by atoms with Crippen LogP contribution in [0.4, 0.5) is 4.39 Å². The van der Waals surface area contributed by atoms with Gasteiger partial charge >= 0.3 is 0 Å². The van der Waals surface area contributed by atoms with E-state index < -0.39 is 5.82 Å². The van der Waals surface area contributed by atoms with E-state index in [1.54, 1.807) is 24.1 Å². The van der Waals surface area contributed by atoms with E-state index in [2.05, 4.69) is 0 Å². The predicted octanol–water partition coefficient (Wildman–Crippen LogP) is 2.88. The normalized spacial score (nSPS) is 10.3. The molecule has 2 aromatic rings. The van der Waals surface area contributed by atoms with E-state index in [1.165, 1.54) is 12.1 Å². The molecule has 0 spiro atoms. The molecule has 5 heteroatoms. The van der Waals surface area contributed by atoms with Crippen molar-refractivity contribution in [2.24, 2.45) is 0 Å². The van der Waals surface area contributed by atoms with Crippen LogP contribution >= 0.6 is 0 Å². The van der Waals surface area contributed by atoms with Crippen molar-refractivity contribution in [3.63, 3.8) is 0 Å². The van der Waals surface area contributed by atoms with Gasteiger partial charge in [-0.3, -0.25) is 4.79 Å². The first-order valence-corrected chi connectivity index (χ1v) is 7.38. The lowest BCUT2D eigenvalue weighted by Gasteiger charge is -2.22. The molecule has 0 fully saturated rings. The Morgan fingerprint density at radius 2 is 1.78 bits per heavy atom. The molecule has 122 valence electrons. The van der Waals surface area contributed by atoms with E-state index in [1.807, 2.05) is 30.3 Å². The molecular weight excluding hydrogens is 297 g/mol. The monoisotopic (exact) mass is 317 g/mol. The van der Waals surface area contributed by atoms with Crippen molar-refractivity contribution in [2.75, 3.05) is 26.9 Å². The molecule has 23 heavy (non-hydrogen) atoms. The molecule has 4 nitrogen and oxygen atoms in total. The highest BCUT2D eigenvalue weighted by atomic mass is 19.1. The number of halogens is 1. The van der Waals surface area contributed by atoms with Crippen LogP contribution in [0.2, 0.25) is 0 Å². The van der Waals surface area contributed by atoms with E-state index in [9.17, 15) is 9.18 Å². The number of carbonyl (C=O) groups excluding carboxylic acids is 1. The molecule has 0 unspecified atom stereocenters. The Kier molecular flexibility index (Phi) is 6.56. The fourth-order valence-electron chi connectivity index (χ4n) is 2.09. The molecule has 2 aromatic carbocycles. The van der Waals surface area contributed by atoms with Crippen molar-refractivity contribution < 1.29 is 18.7 Å². The van der Waals surface area contributed by atoms with Gasteiger partial charge in [-0.05, 0) is 17.7 Å². The van der Waals surface area contributed by atoms with E-state index >= 15 is 0 Å². The third-order valence-corrected chi connectivity index (χ3v) is 3.32. The number of hydrogen-bond acceptors (Lipinski definition) is 3. The van der Waals surface area contributed by atoms with Crippen molar-refractivity contribution in [3.8, 4) is 5.75 Å². The maximum atomic E-state index is 13.5. The van der Waals surface area contributed by atoms with Gasteiger partial charge in [0.2, 0.25) is 0 Å². The molecule has 1 amide bonds. The summed E-state index contributed by atoms with van der Waals surface area (Å²) in [6, 6.07) is 15.7. The van der Waals surface area contributed by atoms with Crippen LogP contribution in [0.3, 0.4) is 0 Å². The van der Waals surface area contributed by atoms with E-state index in [4.69, 9.17) is 9.47 Å². The summed E-state index contributed by atoms with van der Waals surface area (Å²) in [5, 5.41) is 0. The Hall–Kier alpha value is -2.40. The second-order valence-electron chi connectivity index (χ2n) is 5.01. The Morgan fingerprint density at radius 3 is 2.48 bits per heavy atom. The Bertz CT molecular complexity index is 619. The van der Waals surface area contributed by atoms with Gasteiger partial charge in [-0.1, -0.05) is 42.5 Å². The lowest BCUT2D eigenvalue weighted by atomic mass is 10.2. The Labute approximate surface area is 135 Å². The molecule has 2 rings (SSSR count). The van der Waals surface area contributed by atoms with Crippen molar-refractivity contribution in [3.05, 3.63) is 66.0 Å². The van der Waals surface area contributed by atoms with Crippen LogP contribution in [0.1, 0.15) is 5.56 Å². The van der Waals surface area contributed by atoms with Gasteiger partial charge in [0, 0.05) is 20.2 Å². The average molecular weight is 317 g/mol. The number of ether oxygens (including phenoxy) is 2. The number of para-hydroxylation sites is 1. The maximum Gasteiger partial charge on any atom is 0.260 e. The lowest BCUT2D eigenvalue weighted by molar-refractivity contribution is -0.134. The van der Waals surface area contributed by atoms with Crippen molar-refractivity contribution >= 4 is 5.91 Å². The van der Waals surface area contributed by atoms with Crippen LogP contribution in [0.15, 0.2) is 54.6 Å². The minimum atomic E-state index is -0.480. The van der Waals surface area contributed by atoms with E-state index in [-0.39, 0.29) is 18.3 Å². The third kappa shape index (κ3) is 5.38. The molecule has 0 heterocycles. The van der Waals surface area contributed by atoms with Gasteiger partial charge in [-0.2, -0.15) is 0 Å². The van der Waals surface area contributed by atoms with Crippen LogP contribution in [-0.2, 0) is 16.1 Å². The first-order chi connectivity index (χ1) is 11.2. The third-order valence-electron chi connectivity index (χ3n) is 3.32. The summed E-state index contributed by atoms with van der Waals surface area (Å²) in [6.45, 7) is 1.13. The summed E-state index contributed by atoms with van der Waals surface area (Å²) in [4.78, 5) is 14.0. The smallest absolute Gasteiger partial charge is 0.260 e. The zero-order chi connectivity index (χ0) is 16.5. The van der Waals surface area contributed by atoms with Crippen LogP contribution in [0.5, 0.6) is 5.75 Å². The summed E-state index contributed by atoms with van der Waals surface area (Å²) < 4.78 is 23.9. The molecule has 0 bridgehead atoms. The first kappa shape index (κ1) is 17.0. The highest BCUT2D eigenvalue weighted by Crippen LogP contribution is 2.15. The van der Waals surface area contributed by atoms with Crippen LogP contribution < -0.4 is 4.74 Å². The van der Waals surface area contributed by atoms with E-state index in [0.717, 1.165) is 5.56 Å². The summed E-state index contributed by atoms with van der Waals surface area (Å²) in [6.07, 6.45) is 0. The number of carbonyl (C=O) groups is 1. The molecular formula is C18H20FNO3.